The number of hydrogen-bond acceptors (Lipinski definition) is 5. The van der Waals surface area contributed by atoms with Gasteiger partial charge in [0.05, 0.1) is 0 Å². The molecule has 1 rings (SSSR count). The molecule has 3 amide bonds. The molecule has 0 bridgehead atoms. The van der Waals surface area contributed by atoms with Crippen LogP contribution < -0.4 is 15.4 Å². The monoisotopic (exact) mass is 350 g/mol. The molecule has 1 atom stereocenters. The number of para-hydroxylation sites is 1. The molecule has 0 aliphatic rings. The largest absolute Gasteiger partial charge is 0.482 e. The highest BCUT2D eigenvalue weighted by molar-refractivity contribution is 5.95. The van der Waals surface area contributed by atoms with Gasteiger partial charge in [-0.25, -0.2) is 9.59 Å². The van der Waals surface area contributed by atoms with E-state index in [1.165, 1.54) is 0 Å². The van der Waals surface area contributed by atoms with Crippen molar-refractivity contribution in [2.24, 2.45) is 0 Å². The highest BCUT2D eigenvalue weighted by Gasteiger charge is 2.13. The zero-order valence-corrected chi connectivity index (χ0v) is 15.1. The Kier molecular flexibility index (Phi) is 8.46. The number of nitrogens with one attached hydrogen (secondary N) is 2. The summed E-state index contributed by atoms with van der Waals surface area (Å²) in [5, 5.41) is 4.67. The molecule has 2 N–H and O–H groups in total. The summed E-state index contributed by atoms with van der Waals surface area (Å²) in [6, 6.07) is 6.75. The number of hydrogen-bond donors (Lipinski definition) is 2. The first-order valence-electron chi connectivity index (χ1n) is 8.31. The van der Waals surface area contributed by atoms with Gasteiger partial charge in [0.1, 0.15) is 5.75 Å². The number of ether oxygens (including phenoxy) is 2. The van der Waals surface area contributed by atoms with Crippen LogP contribution in [0.3, 0.4) is 0 Å². The van der Waals surface area contributed by atoms with Crippen molar-refractivity contribution in [1.82, 2.24) is 10.6 Å². The first kappa shape index (κ1) is 20.5. The van der Waals surface area contributed by atoms with Crippen LogP contribution >= 0.6 is 0 Å². The second kappa shape index (κ2) is 10.3. The Balaban J connectivity index is 2.36. The van der Waals surface area contributed by atoms with Crippen molar-refractivity contribution in [1.29, 1.82) is 0 Å². The lowest BCUT2D eigenvalue weighted by Crippen LogP contribution is -2.44. The third-order valence-corrected chi connectivity index (χ3v) is 3.49. The second-order valence-electron chi connectivity index (χ2n) is 5.97. The van der Waals surface area contributed by atoms with E-state index in [9.17, 15) is 14.4 Å². The maximum absolute atomic E-state index is 11.7. The fraction of sp³-hybridized carbons (Fsp3) is 0.500. The van der Waals surface area contributed by atoms with Gasteiger partial charge >= 0.3 is 12.0 Å². The summed E-state index contributed by atoms with van der Waals surface area (Å²) >= 11 is 0. The minimum Gasteiger partial charge on any atom is -0.482 e. The summed E-state index contributed by atoms with van der Waals surface area (Å²) in [5.74, 6) is -0.526. The van der Waals surface area contributed by atoms with E-state index in [2.05, 4.69) is 10.6 Å². The van der Waals surface area contributed by atoms with Crippen molar-refractivity contribution < 1.29 is 23.9 Å². The van der Waals surface area contributed by atoms with E-state index in [0.717, 1.165) is 12.0 Å². The molecular formula is C18H26N2O5. The van der Waals surface area contributed by atoms with Crippen LogP contribution in [0.15, 0.2) is 24.3 Å². The van der Waals surface area contributed by atoms with Crippen LogP contribution in [0.5, 0.6) is 5.75 Å². The van der Waals surface area contributed by atoms with Gasteiger partial charge in [-0.2, -0.15) is 0 Å². The van der Waals surface area contributed by atoms with Crippen LogP contribution in [0.2, 0.25) is 0 Å². The molecule has 0 radical (unpaired) electrons. The molecule has 7 heteroatoms. The number of benzene rings is 1. The summed E-state index contributed by atoms with van der Waals surface area (Å²) in [6.07, 6.45) is 0.742. The molecular weight excluding hydrogens is 324 g/mol. The number of esters is 1. The van der Waals surface area contributed by atoms with Gasteiger partial charge in [0, 0.05) is 6.04 Å². The highest BCUT2D eigenvalue weighted by atomic mass is 16.6. The van der Waals surface area contributed by atoms with Crippen LogP contribution in [0, 0.1) is 0 Å². The van der Waals surface area contributed by atoms with E-state index in [4.69, 9.17) is 9.47 Å². The Morgan fingerprint density at radius 2 is 1.76 bits per heavy atom. The fourth-order valence-electron chi connectivity index (χ4n) is 1.94. The van der Waals surface area contributed by atoms with Gasteiger partial charge in [-0.05, 0) is 30.9 Å². The molecule has 138 valence electrons. The molecule has 0 aromatic heterocycles. The molecule has 7 nitrogen and oxygen atoms in total. The standard InChI is InChI=1S/C18H26N2O5/c1-5-13(4)19-18(23)20-16(21)10-25-17(22)11-24-15-9-7-6-8-14(15)12(2)3/h6-9,12-13H,5,10-11H2,1-4H3,(H2,19,20,21,23)/t13-/m0/s1. The average molecular weight is 350 g/mol. The first-order valence-corrected chi connectivity index (χ1v) is 8.31. The Labute approximate surface area is 148 Å². The molecule has 0 aliphatic heterocycles. The summed E-state index contributed by atoms with van der Waals surface area (Å²) < 4.78 is 10.3. The zero-order valence-electron chi connectivity index (χ0n) is 15.1. The van der Waals surface area contributed by atoms with Crippen LogP contribution in [0.25, 0.3) is 0 Å². The van der Waals surface area contributed by atoms with Gasteiger partial charge in [-0.15, -0.1) is 0 Å². The normalized spacial score (nSPS) is 11.6. The van der Waals surface area contributed by atoms with E-state index in [1.54, 1.807) is 6.07 Å². The Bertz CT molecular complexity index is 601. The van der Waals surface area contributed by atoms with Crippen molar-refractivity contribution in [3.05, 3.63) is 29.8 Å². The third kappa shape index (κ3) is 7.69. The highest BCUT2D eigenvalue weighted by Crippen LogP contribution is 2.25. The predicted molar refractivity (Wildman–Crippen MR) is 93.4 cm³/mol. The van der Waals surface area contributed by atoms with E-state index in [0.29, 0.717) is 5.75 Å². The van der Waals surface area contributed by atoms with E-state index < -0.39 is 24.5 Å². The summed E-state index contributed by atoms with van der Waals surface area (Å²) in [4.78, 5) is 34.7. The summed E-state index contributed by atoms with van der Waals surface area (Å²) in [5.41, 5.74) is 0.981. The summed E-state index contributed by atoms with van der Waals surface area (Å²) in [7, 11) is 0. The molecule has 0 saturated carbocycles. The molecule has 1 aromatic carbocycles. The smallest absolute Gasteiger partial charge is 0.344 e. The van der Waals surface area contributed by atoms with Crippen molar-refractivity contribution in [3.8, 4) is 5.75 Å². The number of imide groups is 1. The van der Waals surface area contributed by atoms with Gasteiger partial charge in [-0.1, -0.05) is 39.0 Å². The van der Waals surface area contributed by atoms with Crippen LogP contribution in [0.4, 0.5) is 4.79 Å². The number of urea groups is 1. The van der Waals surface area contributed by atoms with Crippen molar-refractivity contribution in [2.75, 3.05) is 13.2 Å². The molecule has 0 heterocycles. The third-order valence-electron chi connectivity index (χ3n) is 3.49. The van der Waals surface area contributed by atoms with Gasteiger partial charge in [0.25, 0.3) is 5.91 Å². The molecule has 1 aromatic rings. The minimum absolute atomic E-state index is 0.0511. The van der Waals surface area contributed by atoms with E-state index >= 15 is 0 Å². The average Bonchev–Trinajstić information content (AvgIpc) is 2.57. The molecule has 0 fully saturated rings. The van der Waals surface area contributed by atoms with Gasteiger partial charge in [0.2, 0.25) is 0 Å². The van der Waals surface area contributed by atoms with Crippen LogP contribution in [-0.2, 0) is 14.3 Å². The van der Waals surface area contributed by atoms with Gasteiger partial charge < -0.3 is 14.8 Å². The summed E-state index contributed by atoms with van der Waals surface area (Å²) in [6.45, 7) is 6.92. The lowest BCUT2D eigenvalue weighted by Gasteiger charge is -2.13. The van der Waals surface area contributed by atoms with Gasteiger partial charge in [-0.3, -0.25) is 10.1 Å². The van der Waals surface area contributed by atoms with Crippen LogP contribution in [0.1, 0.15) is 45.6 Å². The second-order valence-corrected chi connectivity index (χ2v) is 5.97. The quantitative estimate of drug-likeness (QED) is 0.702. The molecule has 0 aliphatic carbocycles. The Morgan fingerprint density at radius 3 is 2.40 bits per heavy atom. The maximum Gasteiger partial charge on any atom is 0.344 e. The van der Waals surface area contributed by atoms with E-state index in [-0.39, 0.29) is 18.6 Å². The SMILES string of the molecule is CC[C@H](C)NC(=O)NC(=O)COC(=O)COc1ccccc1C(C)C. The minimum atomic E-state index is -0.697. The maximum atomic E-state index is 11.7. The zero-order chi connectivity index (χ0) is 18.8. The van der Waals surface area contributed by atoms with E-state index in [1.807, 2.05) is 45.9 Å². The lowest BCUT2D eigenvalue weighted by molar-refractivity contribution is -0.150. The van der Waals surface area contributed by atoms with Crippen LogP contribution in [-0.4, -0.2) is 37.2 Å². The Morgan fingerprint density at radius 1 is 1.08 bits per heavy atom. The Hall–Kier alpha value is -2.57. The van der Waals surface area contributed by atoms with Gasteiger partial charge in [0.15, 0.2) is 13.2 Å². The molecule has 0 saturated heterocycles. The van der Waals surface area contributed by atoms with Crippen molar-refractivity contribution in [2.45, 2.75) is 46.1 Å². The lowest BCUT2D eigenvalue weighted by atomic mass is 10.0. The number of carbonyl (C=O) groups excluding carboxylic acids is 3. The first-order chi connectivity index (χ1) is 11.8. The molecule has 0 unspecified atom stereocenters. The number of rotatable bonds is 8. The topological polar surface area (TPSA) is 93.7 Å². The van der Waals surface area contributed by atoms with Crippen molar-refractivity contribution >= 4 is 17.9 Å². The molecule has 0 spiro atoms. The van der Waals surface area contributed by atoms with Crippen molar-refractivity contribution in [3.63, 3.8) is 0 Å². The fourth-order valence-corrected chi connectivity index (χ4v) is 1.94. The number of amides is 3. The predicted octanol–water partition coefficient (Wildman–Crippen LogP) is 2.36. The molecule has 25 heavy (non-hydrogen) atoms. The number of carbonyl (C=O) groups is 3.